The number of ketones is 1. The third-order valence-electron chi connectivity index (χ3n) is 2.91. The molecule has 0 atom stereocenters. The summed E-state index contributed by atoms with van der Waals surface area (Å²) in [6, 6.07) is 7.65. The summed E-state index contributed by atoms with van der Waals surface area (Å²) >= 11 is 6.09. The summed E-state index contributed by atoms with van der Waals surface area (Å²) in [5.74, 6) is -0.638. The van der Waals surface area contributed by atoms with E-state index >= 15 is 0 Å². The van der Waals surface area contributed by atoms with Crippen molar-refractivity contribution >= 4 is 48.8 Å². The topological polar surface area (TPSA) is 63.7 Å². The molecule has 1 rings (SSSR count). The second-order valence-electron chi connectivity index (χ2n) is 6.57. The molecule has 138 valence electrons. The Balaban J connectivity index is 2.52. The van der Waals surface area contributed by atoms with Crippen LogP contribution in [-0.2, 0) is 14.3 Å². The van der Waals surface area contributed by atoms with Crippen molar-refractivity contribution in [3.8, 4) is 0 Å². The summed E-state index contributed by atoms with van der Waals surface area (Å²) in [7, 11) is 0. The number of amides is 2. The molecule has 1 aromatic carbocycles. The van der Waals surface area contributed by atoms with Gasteiger partial charge in [-0.2, -0.15) is 0 Å². The van der Waals surface area contributed by atoms with Crippen LogP contribution in [0, 0.1) is 0 Å². The van der Waals surface area contributed by atoms with Crippen LogP contribution in [0.15, 0.2) is 24.3 Å². The number of halogens is 1. The van der Waals surface area contributed by atoms with Crippen LogP contribution < -0.4 is 4.46 Å². The van der Waals surface area contributed by atoms with Crippen LogP contribution in [-0.4, -0.2) is 49.8 Å². The Hall–Kier alpha value is -1.36. The van der Waals surface area contributed by atoms with Crippen LogP contribution in [0.3, 0.4) is 0 Å². The number of hydrogen-bond donors (Lipinski definition) is 0. The number of rotatable bonds is 7. The fraction of sp³-hybridized carbons (Fsp3) is 0.500. The molecular weight excluding hydrogens is 409 g/mol. The van der Waals surface area contributed by atoms with Gasteiger partial charge in [0.1, 0.15) is 0 Å². The number of carbonyl (C=O) groups excluding carboxylic acids is 3. The van der Waals surface area contributed by atoms with Crippen molar-refractivity contribution in [1.82, 2.24) is 4.90 Å². The zero-order chi connectivity index (χ0) is 19.0. The fourth-order valence-corrected chi connectivity index (χ4v) is 3.79. The first-order valence-electron chi connectivity index (χ1n) is 7.99. The Labute approximate surface area is 160 Å². The number of hydrogen-bond acceptors (Lipinski definition) is 4. The molecule has 25 heavy (non-hydrogen) atoms. The molecule has 0 aromatic heterocycles. The fourth-order valence-electron chi connectivity index (χ4n) is 1.87. The van der Waals surface area contributed by atoms with Gasteiger partial charge in [0.25, 0.3) is 0 Å². The Morgan fingerprint density at radius 3 is 2.28 bits per heavy atom. The van der Waals surface area contributed by atoms with Gasteiger partial charge in [0.2, 0.25) is 0 Å². The molecule has 0 aliphatic heterocycles. The van der Waals surface area contributed by atoms with E-state index in [1.807, 2.05) is 24.3 Å². The molecule has 0 N–H and O–H groups in total. The van der Waals surface area contributed by atoms with Crippen LogP contribution >= 0.6 is 11.6 Å². The van der Waals surface area contributed by atoms with Crippen LogP contribution in [0.25, 0.3) is 0 Å². The van der Waals surface area contributed by atoms with E-state index in [1.54, 1.807) is 20.8 Å². The van der Waals surface area contributed by atoms with Crippen molar-refractivity contribution in [2.45, 2.75) is 51.5 Å². The normalized spacial score (nSPS) is 11.1. The van der Waals surface area contributed by atoms with Gasteiger partial charge in [0.15, 0.2) is 0 Å². The van der Waals surface area contributed by atoms with E-state index in [4.69, 9.17) is 16.3 Å². The van der Waals surface area contributed by atoms with Crippen LogP contribution in [0.4, 0.5) is 4.79 Å². The SMILES string of the molecule is CC(=O)CN(C(=O)CCC[Se]c1ccc(Cl)cc1)C(=O)OC(C)(C)C. The summed E-state index contributed by atoms with van der Waals surface area (Å²) in [4.78, 5) is 36.7. The maximum absolute atomic E-state index is 12.3. The van der Waals surface area contributed by atoms with Gasteiger partial charge in [-0.25, -0.2) is 0 Å². The summed E-state index contributed by atoms with van der Waals surface area (Å²) < 4.78 is 6.42. The van der Waals surface area contributed by atoms with Crippen molar-refractivity contribution < 1.29 is 19.1 Å². The first-order valence-corrected chi connectivity index (χ1v) is 10.4. The van der Waals surface area contributed by atoms with E-state index in [2.05, 4.69) is 0 Å². The monoisotopic (exact) mass is 433 g/mol. The average molecular weight is 433 g/mol. The van der Waals surface area contributed by atoms with Crippen molar-refractivity contribution in [1.29, 1.82) is 0 Å². The quantitative estimate of drug-likeness (QED) is 0.490. The first kappa shape index (κ1) is 21.7. The molecule has 0 bridgehead atoms. The molecule has 2 amide bonds. The van der Waals surface area contributed by atoms with Gasteiger partial charge >= 0.3 is 160 Å². The number of nitrogens with zero attached hydrogens (tertiary/aromatic N) is 1. The predicted molar refractivity (Wildman–Crippen MR) is 99.5 cm³/mol. The molecule has 0 saturated heterocycles. The van der Waals surface area contributed by atoms with Gasteiger partial charge in [-0.1, -0.05) is 0 Å². The van der Waals surface area contributed by atoms with E-state index in [9.17, 15) is 14.4 Å². The molecule has 0 aliphatic carbocycles. The van der Waals surface area contributed by atoms with E-state index in [0.717, 1.165) is 10.2 Å². The Morgan fingerprint density at radius 1 is 1.16 bits per heavy atom. The van der Waals surface area contributed by atoms with Crippen molar-refractivity contribution in [2.75, 3.05) is 6.54 Å². The molecule has 0 aliphatic rings. The Kier molecular flexibility index (Phi) is 8.63. The van der Waals surface area contributed by atoms with Gasteiger partial charge in [0.05, 0.1) is 0 Å². The van der Waals surface area contributed by atoms with E-state index < -0.39 is 11.7 Å². The van der Waals surface area contributed by atoms with E-state index in [1.165, 1.54) is 11.4 Å². The minimum absolute atomic E-state index is 0.210. The molecule has 0 heterocycles. The van der Waals surface area contributed by atoms with E-state index in [-0.39, 0.29) is 39.6 Å². The van der Waals surface area contributed by atoms with Crippen molar-refractivity contribution in [3.05, 3.63) is 29.3 Å². The summed E-state index contributed by atoms with van der Waals surface area (Å²) in [5, 5.41) is 1.56. The zero-order valence-corrected chi connectivity index (χ0v) is 17.5. The van der Waals surface area contributed by atoms with Crippen LogP contribution in [0.2, 0.25) is 10.3 Å². The average Bonchev–Trinajstić information content (AvgIpc) is 2.48. The van der Waals surface area contributed by atoms with Crippen molar-refractivity contribution in [3.63, 3.8) is 0 Å². The zero-order valence-electron chi connectivity index (χ0n) is 15.0. The Morgan fingerprint density at radius 2 is 1.76 bits per heavy atom. The van der Waals surface area contributed by atoms with Gasteiger partial charge in [-0.15, -0.1) is 0 Å². The number of imide groups is 1. The van der Waals surface area contributed by atoms with Gasteiger partial charge < -0.3 is 0 Å². The van der Waals surface area contributed by atoms with Crippen LogP contribution in [0.1, 0.15) is 40.5 Å². The number of Topliss-reactive ketones (excluding diaryl/α,β-unsaturated/α-hetero) is 1. The third kappa shape index (κ3) is 9.05. The molecule has 0 radical (unpaired) electrons. The molecule has 0 fully saturated rings. The first-order chi connectivity index (χ1) is 11.6. The molecule has 0 unspecified atom stereocenters. The number of carbonyl (C=O) groups is 3. The Bertz CT molecular complexity index is 610. The second-order valence-corrected chi connectivity index (χ2v) is 9.46. The van der Waals surface area contributed by atoms with Crippen molar-refractivity contribution in [2.24, 2.45) is 0 Å². The number of benzene rings is 1. The molecule has 5 nitrogen and oxygen atoms in total. The maximum atomic E-state index is 12.3. The summed E-state index contributed by atoms with van der Waals surface area (Å²) in [6.07, 6.45) is 0.0940. The summed E-state index contributed by atoms with van der Waals surface area (Å²) in [6.45, 7) is 6.24. The minimum atomic E-state index is -0.768. The van der Waals surface area contributed by atoms with Gasteiger partial charge in [-0.3, -0.25) is 0 Å². The standard InChI is InChI=1S/C18H24ClNO4Se/c1-13(21)12-20(17(23)24-18(2,3)4)16(22)6-5-11-25-15-9-7-14(19)8-10-15/h7-10H,5-6,11-12H2,1-4H3. The second kappa shape index (κ2) is 9.95. The van der Waals surface area contributed by atoms with E-state index in [0.29, 0.717) is 11.4 Å². The molecular formula is C18H24ClNO4Se. The van der Waals surface area contributed by atoms with Gasteiger partial charge in [0, 0.05) is 0 Å². The van der Waals surface area contributed by atoms with Gasteiger partial charge in [-0.05, 0) is 0 Å². The third-order valence-corrected chi connectivity index (χ3v) is 5.47. The molecule has 0 saturated carbocycles. The number of ether oxygens (including phenoxy) is 1. The summed E-state index contributed by atoms with van der Waals surface area (Å²) in [5.41, 5.74) is -0.718. The predicted octanol–water partition coefficient (Wildman–Crippen LogP) is 3.22. The molecule has 7 heteroatoms. The molecule has 1 aromatic rings. The van der Waals surface area contributed by atoms with Crippen LogP contribution in [0.5, 0.6) is 0 Å². The molecule has 0 spiro atoms.